The Kier molecular flexibility index (Phi) is 4.79. The average Bonchev–Trinajstić information content (AvgIpc) is 2.48. The molecule has 1 atom stereocenters. The van der Waals surface area contributed by atoms with Gasteiger partial charge in [0.25, 0.3) is 0 Å². The summed E-state index contributed by atoms with van der Waals surface area (Å²) in [5.74, 6) is -1.04. The Labute approximate surface area is 116 Å². The van der Waals surface area contributed by atoms with Crippen LogP contribution in [-0.2, 0) is 4.57 Å². The van der Waals surface area contributed by atoms with E-state index in [4.69, 9.17) is 14.2 Å². The Morgan fingerprint density at radius 3 is 1.65 bits per heavy atom. The van der Waals surface area contributed by atoms with Gasteiger partial charge in [-0.15, -0.1) is 0 Å². The molecule has 1 unspecified atom stereocenters. The molecule has 0 bridgehead atoms. The van der Waals surface area contributed by atoms with Crippen LogP contribution in [0, 0.1) is 0 Å². The number of para-hydroxylation sites is 2. The van der Waals surface area contributed by atoms with Crippen LogP contribution in [-0.4, -0.2) is 22.7 Å². The summed E-state index contributed by atoms with van der Waals surface area (Å²) < 4.78 is 23.2. The Balaban J connectivity index is 2.24. The van der Waals surface area contributed by atoms with Crippen molar-refractivity contribution in [3.8, 4) is 11.5 Å². The van der Waals surface area contributed by atoms with Crippen molar-refractivity contribution in [2.45, 2.75) is 5.85 Å². The van der Waals surface area contributed by atoms with Crippen LogP contribution in [0.15, 0.2) is 60.7 Å². The molecule has 0 fully saturated rings. The number of benzene rings is 2. The number of aliphatic hydroxyl groups is 2. The maximum atomic E-state index is 12.6. The standard InChI is InChI=1S/C14H15O5P/c15-11-14(16)20(17,18-12-7-3-1-4-8-12)19-13-9-5-2-6-10-13/h1-10,14-16H,11H2. The van der Waals surface area contributed by atoms with Gasteiger partial charge in [0.1, 0.15) is 11.5 Å². The topological polar surface area (TPSA) is 76.0 Å². The summed E-state index contributed by atoms with van der Waals surface area (Å²) in [6, 6.07) is 16.7. The van der Waals surface area contributed by atoms with E-state index in [1.807, 2.05) is 0 Å². The van der Waals surface area contributed by atoms with Gasteiger partial charge in [-0.05, 0) is 24.3 Å². The molecule has 0 aliphatic heterocycles. The fraction of sp³-hybridized carbons (Fsp3) is 0.143. The minimum atomic E-state index is -3.95. The average molecular weight is 294 g/mol. The monoisotopic (exact) mass is 294 g/mol. The van der Waals surface area contributed by atoms with Gasteiger partial charge in [0.15, 0.2) is 0 Å². The van der Waals surface area contributed by atoms with E-state index in [2.05, 4.69) is 0 Å². The summed E-state index contributed by atoms with van der Waals surface area (Å²) in [7, 11) is -3.95. The molecular formula is C14H15O5P. The summed E-state index contributed by atoms with van der Waals surface area (Å²) >= 11 is 0. The maximum absolute atomic E-state index is 12.6. The number of hydrogen-bond donors (Lipinski definition) is 2. The van der Waals surface area contributed by atoms with Crippen molar-refractivity contribution >= 4 is 7.60 Å². The van der Waals surface area contributed by atoms with Crippen LogP contribution in [0.1, 0.15) is 0 Å². The fourth-order valence-electron chi connectivity index (χ4n) is 1.50. The second-order valence-electron chi connectivity index (χ2n) is 4.01. The molecule has 0 aromatic heterocycles. The summed E-state index contributed by atoms with van der Waals surface area (Å²) in [6.07, 6.45) is 0. The predicted molar refractivity (Wildman–Crippen MR) is 74.8 cm³/mol. The molecule has 5 nitrogen and oxygen atoms in total. The van der Waals surface area contributed by atoms with Gasteiger partial charge in [-0.3, -0.25) is 0 Å². The lowest BCUT2D eigenvalue weighted by Gasteiger charge is -2.23. The minimum absolute atomic E-state index is 0.291. The Bertz CT molecular complexity index is 527. The van der Waals surface area contributed by atoms with Crippen LogP contribution in [0.4, 0.5) is 0 Å². The van der Waals surface area contributed by atoms with Crippen molar-refractivity contribution in [1.29, 1.82) is 0 Å². The summed E-state index contributed by atoms with van der Waals surface area (Å²) in [6.45, 7) is -0.725. The lowest BCUT2D eigenvalue weighted by molar-refractivity contribution is 0.131. The Morgan fingerprint density at radius 2 is 1.30 bits per heavy atom. The van der Waals surface area contributed by atoms with Crippen LogP contribution in [0.2, 0.25) is 0 Å². The molecule has 0 spiro atoms. The second-order valence-corrected chi connectivity index (χ2v) is 6.05. The van der Waals surface area contributed by atoms with Crippen molar-refractivity contribution < 1.29 is 23.8 Å². The third-order valence-electron chi connectivity index (χ3n) is 2.48. The van der Waals surface area contributed by atoms with Crippen LogP contribution in [0.3, 0.4) is 0 Å². The first kappa shape index (κ1) is 14.6. The van der Waals surface area contributed by atoms with Crippen molar-refractivity contribution in [2.75, 3.05) is 6.61 Å². The van der Waals surface area contributed by atoms with Crippen LogP contribution >= 0.6 is 7.60 Å². The van der Waals surface area contributed by atoms with E-state index in [1.54, 1.807) is 60.7 Å². The quantitative estimate of drug-likeness (QED) is 0.801. The molecule has 0 aliphatic carbocycles. The van der Waals surface area contributed by atoms with E-state index in [0.717, 1.165) is 0 Å². The zero-order valence-corrected chi connectivity index (χ0v) is 11.5. The molecule has 2 rings (SSSR count). The molecule has 0 saturated heterocycles. The molecule has 2 aromatic rings. The first-order valence-electron chi connectivity index (χ1n) is 6.02. The van der Waals surface area contributed by atoms with Crippen molar-refractivity contribution in [3.05, 3.63) is 60.7 Å². The normalized spacial score (nSPS) is 12.7. The molecular weight excluding hydrogens is 279 g/mol. The molecule has 0 aliphatic rings. The first-order chi connectivity index (χ1) is 9.64. The Hall–Kier alpha value is -1.81. The van der Waals surface area contributed by atoms with Gasteiger partial charge in [0.05, 0.1) is 6.61 Å². The predicted octanol–water partition coefficient (Wildman–Crippen LogP) is 2.65. The Morgan fingerprint density at radius 1 is 0.900 bits per heavy atom. The third-order valence-corrected chi connectivity index (χ3v) is 4.30. The fourth-order valence-corrected chi connectivity index (χ4v) is 2.81. The van der Waals surface area contributed by atoms with Crippen molar-refractivity contribution in [1.82, 2.24) is 0 Å². The van der Waals surface area contributed by atoms with E-state index >= 15 is 0 Å². The highest BCUT2D eigenvalue weighted by molar-refractivity contribution is 7.55. The molecule has 0 amide bonds. The van der Waals surface area contributed by atoms with Gasteiger partial charge >= 0.3 is 7.60 Å². The SMILES string of the molecule is O=P(Oc1ccccc1)(Oc1ccccc1)C(O)CO. The minimum Gasteiger partial charge on any atom is -0.414 e. The third kappa shape index (κ3) is 3.61. The largest absolute Gasteiger partial charge is 0.461 e. The van der Waals surface area contributed by atoms with Gasteiger partial charge < -0.3 is 19.3 Å². The van der Waals surface area contributed by atoms with Crippen LogP contribution in [0.25, 0.3) is 0 Å². The van der Waals surface area contributed by atoms with E-state index in [0.29, 0.717) is 11.5 Å². The van der Waals surface area contributed by atoms with E-state index in [9.17, 15) is 9.67 Å². The zero-order valence-electron chi connectivity index (χ0n) is 10.6. The van der Waals surface area contributed by atoms with Gasteiger partial charge in [0.2, 0.25) is 5.85 Å². The molecule has 0 heterocycles. The van der Waals surface area contributed by atoms with Crippen molar-refractivity contribution in [2.24, 2.45) is 0 Å². The van der Waals surface area contributed by atoms with E-state index in [1.165, 1.54) is 0 Å². The van der Waals surface area contributed by atoms with Crippen LogP contribution < -0.4 is 9.05 Å². The van der Waals surface area contributed by atoms with Crippen molar-refractivity contribution in [3.63, 3.8) is 0 Å². The van der Waals surface area contributed by atoms with E-state index < -0.39 is 20.0 Å². The highest BCUT2D eigenvalue weighted by Crippen LogP contribution is 2.51. The number of hydrogen-bond acceptors (Lipinski definition) is 5. The second kappa shape index (κ2) is 6.57. The maximum Gasteiger partial charge on any atom is 0.461 e. The van der Waals surface area contributed by atoms with Gasteiger partial charge in [-0.25, -0.2) is 4.57 Å². The molecule has 6 heteroatoms. The van der Waals surface area contributed by atoms with Gasteiger partial charge in [-0.2, -0.15) is 0 Å². The molecule has 2 aromatic carbocycles. The molecule has 106 valence electrons. The molecule has 0 saturated carbocycles. The lowest BCUT2D eigenvalue weighted by Crippen LogP contribution is -2.20. The van der Waals surface area contributed by atoms with Crippen LogP contribution in [0.5, 0.6) is 11.5 Å². The summed E-state index contributed by atoms with van der Waals surface area (Å²) in [4.78, 5) is 0. The van der Waals surface area contributed by atoms with Gasteiger partial charge in [-0.1, -0.05) is 36.4 Å². The molecule has 0 radical (unpaired) electrons. The highest BCUT2D eigenvalue weighted by atomic mass is 31.2. The summed E-state index contributed by atoms with van der Waals surface area (Å²) in [5.41, 5.74) is 0. The lowest BCUT2D eigenvalue weighted by atomic mass is 10.3. The summed E-state index contributed by atoms with van der Waals surface area (Å²) in [5, 5.41) is 18.8. The number of rotatable bonds is 6. The zero-order chi connectivity index (χ0) is 14.4. The van der Waals surface area contributed by atoms with Gasteiger partial charge in [0, 0.05) is 0 Å². The highest BCUT2D eigenvalue weighted by Gasteiger charge is 2.37. The molecule has 2 N–H and O–H groups in total. The molecule has 20 heavy (non-hydrogen) atoms. The number of aliphatic hydroxyl groups excluding tert-OH is 2. The smallest absolute Gasteiger partial charge is 0.414 e. The van der Waals surface area contributed by atoms with E-state index in [-0.39, 0.29) is 0 Å². The first-order valence-corrected chi connectivity index (χ1v) is 7.63.